The molecule has 5 heteroatoms. The molecule has 0 saturated heterocycles. The number of amides is 2. The van der Waals surface area contributed by atoms with Crippen LogP contribution in [0, 0.1) is 5.92 Å². The largest absolute Gasteiger partial charge is 0.480 e. The number of rotatable bonds is 4. The third kappa shape index (κ3) is 2.90. The van der Waals surface area contributed by atoms with Crippen LogP contribution in [0.4, 0.5) is 4.79 Å². The monoisotopic (exact) mass is 200 g/mol. The third-order valence-corrected chi connectivity index (χ3v) is 2.48. The first-order chi connectivity index (χ1) is 6.54. The van der Waals surface area contributed by atoms with E-state index in [-0.39, 0.29) is 12.1 Å². The fraction of sp³-hybridized carbons (Fsp3) is 0.778. The Morgan fingerprint density at radius 3 is 2.64 bits per heavy atom. The van der Waals surface area contributed by atoms with Crippen LogP contribution in [0.25, 0.3) is 0 Å². The highest BCUT2D eigenvalue weighted by Gasteiger charge is 2.36. The van der Waals surface area contributed by atoms with Gasteiger partial charge in [0.1, 0.15) is 6.04 Å². The molecule has 2 unspecified atom stereocenters. The van der Waals surface area contributed by atoms with Crippen LogP contribution in [-0.2, 0) is 4.79 Å². The van der Waals surface area contributed by atoms with Crippen molar-refractivity contribution in [3.05, 3.63) is 0 Å². The van der Waals surface area contributed by atoms with Crippen molar-refractivity contribution < 1.29 is 14.7 Å². The van der Waals surface area contributed by atoms with Crippen molar-refractivity contribution in [3.8, 4) is 0 Å². The zero-order valence-electron chi connectivity index (χ0n) is 8.41. The molecule has 3 atom stereocenters. The zero-order chi connectivity index (χ0) is 10.7. The summed E-state index contributed by atoms with van der Waals surface area (Å²) >= 11 is 0. The van der Waals surface area contributed by atoms with E-state index in [0.29, 0.717) is 5.92 Å². The van der Waals surface area contributed by atoms with Gasteiger partial charge in [0.2, 0.25) is 0 Å². The SMILES string of the molecule is CCC1CC1NC(=O)N[C@H](C)C(=O)O. The van der Waals surface area contributed by atoms with Crippen molar-refractivity contribution in [1.82, 2.24) is 10.6 Å². The number of nitrogens with one attached hydrogen (secondary N) is 2. The van der Waals surface area contributed by atoms with Gasteiger partial charge in [-0.2, -0.15) is 0 Å². The van der Waals surface area contributed by atoms with Gasteiger partial charge in [-0.1, -0.05) is 13.3 Å². The van der Waals surface area contributed by atoms with Crippen LogP contribution < -0.4 is 10.6 Å². The lowest BCUT2D eigenvalue weighted by atomic mass is 10.3. The average Bonchev–Trinajstić information content (AvgIpc) is 2.82. The van der Waals surface area contributed by atoms with Crippen LogP contribution in [0.1, 0.15) is 26.7 Å². The molecule has 0 aromatic heterocycles. The van der Waals surface area contributed by atoms with Gasteiger partial charge in [0.15, 0.2) is 0 Å². The lowest BCUT2D eigenvalue weighted by molar-refractivity contribution is -0.138. The number of hydrogen-bond acceptors (Lipinski definition) is 2. The Bertz CT molecular complexity index is 242. The molecule has 1 rings (SSSR count). The summed E-state index contributed by atoms with van der Waals surface area (Å²) in [5.74, 6) is -0.455. The normalized spacial score (nSPS) is 26.4. The number of carboxylic acids is 1. The van der Waals surface area contributed by atoms with Gasteiger partial charge in [0, 0.05) is 6.04 Å². The van der Waals surface area contributed by atoms with Crippen LogP contribution in [0.5, 0.6) is 0 Å². The van der Waals surface area contributed by atoms with Gasteiger partial charge in [0.25, 0.3) is 0 Å². The Morgan fingerprint density at radius 1 is 1.57 bits per heavy atom. The molecule has 5 nitrogen and oxygen atoms in total. The highest BCUT2D eigenvalue weighted by Crippen LogP contribution is 2.32. The molecule has 1 saturated carbocycles. The zero-order valence-corrected chi connectivity index (χ0v) is 8.41. The second-order valence-electron chi connectivity index (χ2n) is 3.69. The first-order valence-electron chi connectivity index (χ1n) is 4.84. The summed E-state index contributed by atoms with van der Waals surface area (Å²) in [6, 6.07) is -0.990. The molecule has 1 aliphatic rings. The molecular formula is C9H16N2O3. The fourth-order valence-electron chi connectivity index (χ4n) is 1.34. The van der Waals surface area contributed by atoms with E-state index in [1.54, 1.807) is 0 Å². The molecule has 1 aliphatic carbocycles. The van der Waals surface area contributed by atoms with E-state index in [9.17, 15) is 9.59 Å². The van der Waals surface area contributed by atoms with Crippen molar-refractivity contribution in [1.29, 1.82) is 0 Å². The molecule has 0 spiro atoms. The number of carboxylic acid groups (broad SMARTS) is 1. The standard InChI is InChI=1S/C9H16N2O3/c1-3-6-4-7(6)11-9(14)10-5(2)8(12)13/h5-7H,3-4H2,1-2H3,(H,12,13)(H2,10,11,14)/t5-,6?,7?/m1/s1. The number of carbonyl (C=O) groups excluding carboxylic acids is 1. The van der Waals surface area contributed by atoms with Crippen molar-refractivity contribution in [2.24, 2.45) is 5.92 Å². The van der Waals surface area contributed by atoms with Crippen LogP contribution in [0.2, 0.25) is 0 Å². The molecule has 0 aromatic carbocycles. The Labute approximate surface area is 82.9 Å². The number of aliphatic carboxylic acids is 1. The van der Waals surface area contributed by atoms with E-state index in [2.05, 4.69) is 17.6 Å². The fourth-order valence-corrected chi connectivity index (χ4v) is 1.34. The molecule has 0 heterocycles. The maximum absolute atomic E-state index is 11.2. The average molecular weight is 200 g/mol. The molecule has 0 aliphatic heterocycles. The van der Waals surface area contributed by atoms with E-state index in [4.69, 9.17) is 5.11 Å². The molecule has 14 heavy (non-hydrogen) atoms. The number of urea groups is 1. The summed E-state index contributed by atoms with van der Waals surface area (Å²) in [5, 5.41) is 13.6. The van der Waals surface area contributed by atoms with Gasteiger partial charge < -0.3 is 15.7 Å². The van der Waals surface area contributed by atoms with Crippen LogP contribution in [0.3, 0.4) is 0 Å². The summed E-state index contributed by atoms with van der Waals surface area (Å²) in [7, 11) is 0. The van der Waals surface area contributed by atoms with Crippen LogP contribution >= 0.6 is 0 Å². The summed E-state index contributed by atoms with van der Waals surface area (Å²) in [6.45, 7) is 3.51. The summed E-state index contributed by atoms with van der Waals surface area (Å²) in [6.07, 6.45) is 2.06. The van der Waals surface area contributed by atoms with E-state index in [0.717, 1.165) is 12.8 Å². The highest BCUT2D eigenvalue weighted by atomic mass is 16.4. The molecule has 2 amide bonds. The maximum atomic E-state index is 11.2. The molecule has 1 fully saturated rings. The molecule has 80 valence electrons. The van der Waals surface area contributed by atoms with E-state index >= 15 is 0 Å². The highest BCUT2D eigenvalue weighted by molar-refractivity contribution is 5.82. The summed E-state index contributed by atoms with van der Waals surface area (Å²) in [4.78, 5) is 21.6. The second kappa shape index (κ2) is 4.30. The Balaban J connectivity index is 2.20. The number of carbonyl (C=O) groups is 2. The van der Waals surface area contributed by atoms with Crippen molar-refractivity contribution in [3.63, 3.8) is 0 Å². The minimum absolute atomic E-state index is 0.237. The molecule has 3 N–H and O–H groups in total. The van der Waals surface area contributed by atoms with E-state index in [1.165, 1.54) is 6.92 Å². The first kappa shape index (κ1) is 10.8. The summed E-state index contributed by atoms with van der Waals surface area (Å²) in [5.41, 5.74) is 0. The first-order valence-corrected chi connectivity index (χ1v) is 4.84. The predicted molar refractivity (Wildman–Crippen MR) is 51.0 cm³/mol. The van der Waals surface area contributed by atoms with Crippen LogP contribution in [0.15, 0.2) is 0 Å². The topological polar surface area (TPSA) is 78.4 Å². The van der Waals surface area contributed by atoms with E-state index in [1.807, 2.05) is 0 Å². The molecule has 0 bridgehead atoms. The van der Waals surface area contributed by atoms with Crippen LogP contribution in [-0.4, -0.2) is 29.2 Å². The van der Waals surface area contributed by atoms with E-state index < -0.39 is 12.0 Å². The van der Waals surface area contributed by atoms with Crippen molar-refractivity contribution >= 4 is 12.0 Å². The maximum Gasteiger partial charge on any atom is 0.325 e. The lowest BCUT2D eigenvalue weighted by Crippen LogP contribution is -2.45. The minimum Gasteiger partial charge on any atom is -0.480 e. The van der Waals surface area contributed by atoms with Gasteiger partial charge in [-0.15, -0.1) is 0 Å². The lowest BCUT2D eigenvalue weighted by Gasteiger charge is -2.10. The minimum atomic E-state index is -1.03. The van der Waals surface area contributed by atoms with Gasteiger partial charge in [-0.3, -0.25) is 4.79 Å². The second-order valence-corrected chi connectivity index (χ2v) is 3.69. The third-order valence-electron chi connectivity index (χ3n) is 2.48. The quantitative estimate of drug-likeness (QED) is 0.620. The molecular weight excluding hydrogens is 184 g/mol. The van der Waals surface area contributed by atoms with Gasteiger partial charge in [-0.25, -0.2) is 4.79 Å². The predicted octanol–water partition coefficient (Wildman–Crippen LogP) is 0.557. The van der Waals surface area contributed by atoms with Gasteiger partial charge in [0.05, 0.1) is 0 Å². The smallest absolute Gasteiger partial charge is 0.325 e. The van der Waals surface area contributed by atoms with Crippen molar-refractivity contribution in [2.45, 2.75) is 38.8 Å². The van der Waals surface area contributed by atoms with Gasteiger partial charge >= 0.3 is 12.0 Å². The summed E-state index contributed by atoms with van der Waals surface area (Å²) < 4.78 is 0. The number of hydrogen-bond donors (Lipinski definition) is 3. The molecule has 0 aromatic rings. The Morgan fingerprint density at radius 2 is 2.21 bits per heavy atom. The van der Waals surface area contributed by atoms with Crippen molar-refractivity contribution in [2.75, 3.05) is 0 Å². The molecule has 0 radical (unpaired) electrons. The van der Waals surface area contributed by atoms with Gasteiger partial charge in [-0.05, 0) is 19.3 Å². The Kier molecular flexibility index (Phi) is 3.33. The Hall–Kier alpha value is -1.26.